The van der Waals surface area contributed by atoms with E-state index in [1.54, 1.807) is 0 Å². The van der Waals surface area contributed by atoms with Gasteiger partial charge in [0.1, 0.15) is 0 Å². The molecular formula is C51H41N3. The predicted molar refractivity (Wildman–Crippen MR) is 228 cm³/mol. The van der Waals surface area contributed by atoms with Crippen LogP contribution in [0, 0.1) is 0 Å². The van der Waals surface area contributed by atoms with Crippen LogP contribution in [0.5, 0.6) is 0 Å². The Balaban J connectivity index is 1.18. The molecule has 8 aromatic rings. The van der Waals surface area contributed by atoms with E-state index in [0.717, 1.165) is 51.2 Å². The standard InChI is InChI=1S/C51H41N3/c1-51(2)49-32-16-15-31-47(49)48-37-46(33-34-50(48)51)54(41-25-13-6-14-26-41)45-30-18-29-44(36-45)53(40-23-11-5-12-24-40)43-28-17-27-42(35-43)52(38-19-7-3-8-20-38)39-21-9-4-10-22-39/h3-37H,1-2H3. The molecule has 8 aromatic carbocycles. The maximum Gasteiger partial charge on any atom is 0.0482 e. The third-order valence-electron chi connectivity index (χ3n) is 10.6. The van der Waals surface area contributed by atoms with E-state index in [2.05, 4.69) is 241 Å². The fourth-order valence-electron chi connectivity index (χ4n) is 8.04. The zero-order valence-electron chi connectivity index (χ0n) is 30.5. The lowest BCUT2D eigenvalue weighted by atomic mass is 9.82. The van der Waals surface area contributed by atoms with Gasteiger partial charge in [0.2, 0.25) is 0 Å². The highest BCUT2D eigenvalue weighted by atomic mass is 15.2. The summed E-state index contributed by atoms with van der Waals surface area (Å²) >= 11 is 0. The molecule has 3 heteroatoms. The topological polar surface area (TPSA) is 9.72 Å². The molecule has 0 amide bonds. The van der Waals surface area contributed by atoms with Crippen LogP contribution < -0.4 is 14.7 Å². The number of fused-ring (bicyclic) bond motifs is 3. The van der Waals surface area contributed by atoms with Gasteiger partial charge in [-0.25, -0.2) is 0 Å². The third kappa shape index (κ3) is 6.00. The van der Waals surface area contributed by atoms with Gasteiger partial charge in [0.25, 0.3) is 0 Å². The van der Waals surface area contributed by atoms with Crippen LogP contribution in [0.2, 0.25) is 0 Å². The Hall–Kier alpha value is -6.84. The molecule has 0 atom stereocenters. The van der Waals surface area contributed by atoms with Gasteiger partial charge in [0.05, 0.1) is 0 Å². The van der Waals surface area contributed by atoms with Crippen LogP contribution in [-0.2, 0) is 5.41 Å². The summed E-state index contributed by atoms with van der Waals surface area (Å²) < 4.78 is 0. The fraction of sp³-hybridized carbons (Fsp3) is 0.0588. The number of para-hydroxylation sites is 4. The molecule has 54 heavy (non-hydrogen) atoms. The van der Waals surface area contributed by atoms with Gasteiger partial charge in [-0.3, -0.25) is 0 Å². The summed E-state index contributed by atoms with van der Waals surface area (Å²) in [6.45, 7) is 4.67. The van der Waals surface area contributed by atoms with Crippen molar-refractivity contribution in [3.63, 3.8) is 0 Å². The monoisotopic (exact) mass is 695 g/mol. The molecule has 0 N–H and O–H groups in total. The summed E-state index contributed by atoms with van der Waals surface area (Å²) in [7, 11) is 0. The van der Waals surface area contributed by atoms with Crippen molar-refractivity contribution in [3.05, 3.63) is 223 Å². The second-order valence-corrected chi connectivity index (χ2v) is 14.3. The summed E-state index contributed by atoms with van der Waals surface area (Å²) in [5, 5.41) is 0. The Morgan fingerprint density at radius 2 is 0.574 bits per heavy atom. The zero-order valence-corrected chi connectivity index (χ0v) is 30.5. The maximum atomic E-state index is 2.38. The van der Waals surface area contributed by atoms with Crippen LogP contribution in [0.1, 0.15) is 25.0 Å². The lowest BCUT2D eigenvalue weighted by Gasteiger charge is -2.31. The molecule has 0 fully saturated rings. The summed E-state index contributed by atoms with van der Waals surface area (Å²) in [6.07, 6.45) is 0. The summed E-state index contributed by atoms with van der Waals surface area (Å²) in [5.41, 5.74) is 15.1. The number of rotatable bonds is 9. The first-order valence-electron chi connectivity index (χ1n) is 18.6. The van der Waals surface area contributed by atoms with Crippen LogP contribution in [0.25, 0.3) is 11.1 Å². The van der Waals surface area contributed by atoms with Gasteiger partial charge < -0.3 is 14.7 Å². The molecule has 1 aliphatic carbocycles. The Kier molecular flexibility index (Phi) is 8.53. The molecule has 0 unspecified atom stereocenters. The van der Waals surface area contributed by atoms with Crippen LogP contribution in [0.3, 0.4) is 0 Å². The molecule has 0 bridgehead atoms. The Morgan fingerprint density at radius 1 is 0.259 bits per heavy atom. The summed E-state index contributed by atoms with van der Waals surface area (Å²) in [5.74, 6) is 0. The van der Waals surface area contributed by atoms with Gasteiger partial charge >= 0.3 is 0 Å². The summed E-state index contributed by atoms with van der Waals surface area (Å²) in [6, 6.07) is 76.1. The van der Waals surface area contributed by atoms with Crippen molar-refractivity contribution in [2.45, 2.75) is 19.3 Å². The third-order valence-corrected chi connectivity index (χ3v) is 10.6. The van der Waals surface area contributed by atoms with E-state index < -0.39 is 0 Å². The molecule has 0 saturated carbocycles. The van der Waals surface area contributed by atoms with Crippen molar-refractivity contribution >= 4 is 51.2 Å². The number of hydrogen-bond donors (Lipinski definition) is 0. The van der Waals surface area contributed by atoms with Crippen molar-refractivity contribution in [2.75, 3.05) is 14.7 Å². The molecule has 0 spiro atoms. The normalized spacial score (nSPS) is 12.4. The summed E-state index contributed by atoms with van der Waals surface area (Å²) in [4.78, 5) is 7.04. The maximum absolute atomic E-state index is 2.38. The van der Waals surface area contributed by atoms with Crippen LogP contribution in [0.4, 0.5) is 51.2 Å². The van der Waals surface area contributed by atoms with E-state index in [1.165, 1.54) is 22.3 Å². The van der Waals surface area contributed by atoms with Crippen molar-refractivity contribution in [2.24, 2.45) is 0 Å². The predicted octanol–water partition coefficient (Wildman–Crippen LogP) is 14.4. The molecule has 3 nitrogen and oxygen atoms in total. The van der Waals surface area contributed by atoms with Gasteiger partial charge in [-0.15, -0.1) is 0 Å². The average molecular weight is 696 g/mol. The lowest BCUT2D eigenvalue weighted by molar-refractivity contribution is 0.660. The van der Waals surface area contributed by atoms with Crippen LogP contribution >= 0.6 is 0 Å². The van der Waals surface area contributed by atoms with Crippen molar-refractivity contribution in [1.82, 2.24) is 0 Å². The number of nitrogens with zero attached hydrogens (tertiary/aromatic N) is 3. The first-order chi connectivity index (χ1) is 26.6. The van der Waals surface area contributed by atoms with E-state index in [9.17, 15) is 0 Å². The van der Waals surface area contributed by atoms with Gasteiger partial charge in [0.15, 0.2) is 0 Å². The highest BCUT2D eigenvalue weighted by molar-refractivity contribution is 5.89. The minimum absolute atomic E-state index is 0.0523. The molecule has 0 radical (unpaired) electrons. The first kappa shape index (κ1) is 33.0. The lowest BCUT2D eigenvalue weighted by Crippen LogP contribution is -2.16. The van der Waals surface area contributed by atoms with Crippen molar-refractivity contribution in [1.29, 1.82) is 0 Å². The number of anilines is 9. The minimum Gasteiger partial charge on any atom is -0.310 e. The van der Waals surface area contributed by atoms with E-state index in [1.807, 2.05) is 0 Å². The van der Waals surface area contributed by atoms with Gasteiger partial charge in [0, 0.05) is 56.6 Å². The van der Waals surface area contributed by atoms with E-state index in [-0.39, 0.29) is 5.41 Å². The highest BCUT2D eigenvalue weighted by Crippen LogP contribution is 2.51. The van der Waals surface area contributed by atoms with Gasteiger partial charge in [-0.05, 0) is 119 Å². The fourth-order valence-corrected chi connectivity index (χ4v) is 8.04. The molecule has 260 valence electrons. The van der Waals surface area contributed by atoms with Gasteiger partial charge in [-0.1, -0.05) is 129 Å². The SMILES string of the molecule is CC1(C)c2ccccc2-c2cc(N(c3ccccc3)c3cccc(N(c4ccccc4)c4cccc(N(c5ccccc5)c5ccccc5)c4)c3)ccc21. The molecule has 9 rings (SSSR count). The van der Waals surface area contributed by atoms with Crippen molar-refractivity contribution in [3.8, 4) is 11.1 Å². The molecule has 0 aliphatic heterocycles. The first-order valence-corrected chi connectivity index (χ1v) is 18.6. The molecule has 0 aromatic heterocycles. The second kappa shape index (κ2) is 13.9. The number of benzene rings is 8. The minimum atomic E-state index is -0.0523. The average Bonchev–Trinajstić information content (AvgIpc) is 3.46. The largest absolute Gasteiger partial charge is 0.310 e. The molecule has 0 saturated heterocycles. The Morgan fingerprint density at radius 3 is 1.00 bits per heavy atom. The molecule has 1 aliphatic rings. The smallest absolute Gasteiger partial charge is 0.0482 e. The van der Waals surface area contributed by atoms with E-state index in [4.69, 9.17) is 0 Å². The van der Waals surface area contributed by atoms with E-state index in [0.29, 0.717) is 0 Å². The quantitative estimate of drug-likeness (QED) is 0.149. The molecular weight excluding hydrogens is 655 g/mol. The van der Waals surface area contributed by atoms with Crippen LogP contribution in [-0.4, -0.2) is 0 Å². The van der Waals surface area contributed by atoms with Crippen LogP contribution in [0.15, 0.2) is 212 Å². The van der Waals surface area contributed by atoms with E-state index >= 15 is 0 Å². The Bertz CT molecular complexity index is 2490. The molecule has 0 heterocycles. The van der Waals surface area contributed by atoms with Crippen molar-refractivity contribution < 1.29 is 0 Å². The second-order valence-electron chi connectivity index (χ2n) is 14.3. The van der Waals surface area contributed by atoms with Gasteiger partial charge in [-0.2, -0.15) is 0 Å². The number of hydrogen-bond acceptors (Lipinski definition) is 3. The Labute approximate surface area is 318 Å². The highest BCUT2D eigenvalue weighted by Gasteiger charge is 2.35. The zero-order chi connectivity index (χ0) is 36.5.